The highest BCUT2D eigenvalue weighted by atomic mass is 16.6. The average molecular weight is 270 g/mol. The summed E-state index contributed by atoms with van der Waals surface area (Å²) in [4.78, 5) is 11.7. The van der Waals surface area contributed by atoms with Crippen LogP contribution in [0, 0.1) is 11.3 Å². The number of hydrazine groups is 1. The van der Waals surface area contributed by atoms with E-state index in [0.29, 0.717) is 12.0 Å². The molecule has 1 saturated carbocycles. The second kappa shape index (κ2) is 6.12. The van der Waals surface area contributed by atoms with Crippen LogP contribution in [0.15, 0.2) is 0 Å². The van der Waals surface area contributed by atoms with Crippen molar-refractivity contribution in [3.05, 3.63) is 0 Å². The highest BCUT2D eigenvalue weighted by molar-refractivity contribution is 5.67. The second-order valence-electron chi connectivity index (χ2n) is 7.63. The molecular weight excluding hydrogens is 240 g/mol. The Balaban J connectivity index is 2.48. The first-order valence-electron chi connectivity index (χ1n) is 7.34. The van der Waals surface area contributed by atoms with Crippen molar-refractivity contribution < 1.29 is 9.53 Å². The van der Waals surface area contributed by atoms with Crippen LogP contribution in [0.5, 0.6) is 0 Å². The van der Waals surface area contributed by atoms with Crippen LogP contribution in [0.2, 0.25) is 0 Å². The number of ether oxygens (including phenoxy) is 1. The molecule has 1 aliphatic rings. The summed E-state index contributed by atoms with van der Waals surface area (Å²) in [6.07, 6.45) is 4.44. The van der Waals surface area contributed by atoms with E-state index < -0.39 is 11.7 Å². The van der Waals surface area contributed by atoms with Gasteiger partial charge in [0.15, 0.2) is 0 Å². The Kier molecular flexibility index (Phi) is 5.25. The van der Waals surface area contributed by atoms with Crippen LogP contribution in [-0.2, 0) is 4.74 Å². The maximum Gasteiger partial charge on any atom is 0.422 e. The van der Waals surface area contributed by atoms with Gasteiger partial charge in [-0.25, -0.2) is 10.2 Å². The Bertz CT molecular complexity index is 302. The van der Waals surface area contributed by atoms with Crippen LogP contribution in [0.1, 0.15) is 67.2 Å². The third kappa shape index (κ3) is 5.81. The van der Waals surface area contributed by atoms with Gasteiger partial charge >= 0.3 is 6.09 Å². The molecule has 2 unspecified atom stereocenters. The molecule has 4 heteroatoms. The summed E-state index contributed by atoms with van der Waals surface area (Å²) < 4.78 is 5.24. The van der Waals surface area contributed by atoms with Gasteiger partial charge in [-0.15, -0.1) is 0 Å². The van der Waals surface area contributed by atoms with Gasteiger partial charge in [0.05, 0.1) is 0 Å². The molecule has 112 valence electrons. The lowest BCUT2D eigenvalue weighted by Crippen LogP contribution is -2.52. The normalized spacial score (nSPS) is 24.9. The minimum absolute atomic E-state index is 0.258. The lowest BCUT2D eigenvalue weighted by molar-refractivity contribution is 0.0438. The molecular formula is C15H30N2O2. The predicted molar refractivity (Wildman–Crippen MR) is 77.7 cm³/mol. The van der Waals surface area contributed by atoms with Crippen LogP contribution in [0.25, 0.3) is 0 Å². The maximum atomic E-state index is 11.7. The number of nitrogens with one attached hydrogen (secondary N) is 2. The van der Waals surface area contributed by atoms with Crippen molar-refractivity contribution in [2.75, 3.05) is 0 Å². The van der Waals surface area contributed by atoms with E-state index >= 15 is 0 Å². The van der Waals surface area contributed by atoms with E-state index in [1.165, 1.54) is 19.3 Å². The van der Waals surface area contributed by atoms with E-state index in [-0.39, 0.29) is 5.41 Å². The third-order valence-corrected chi connectivity index (χ3v) is 3.64. The number of amides is 1. The van der Waals surface area contributed by atoms with Crippen molar-refractivity contribution in [3.8, 4) is 0 Å². The number of rotatable bonds is 2. The Morgan fingerprint density at radius 3 is 2.16 bits per heavy atom. The summed E-state index contributed by atoms with van der Waals surface area (Å²) >= 11 is 0. The first-order chi connectivity index (χ1) is 8.59. The molecule has 0 heterocycles. The molecule has 0 spiro atoms. The number of hydrogen-bond donors (Lipinski definition) is 2. The fraction of sp³-hybridized carbons (Fsp3) is 0.933. The Labute approximate surface area is 117 Å². The van der Waals surface area contributed by atoms with E-state index in [2.05, 4.69) is 31.6 Å². The maximum absolute atomic E-state index is 11.7. The van der Waals surface area contributed by atoms with E-state index in [1.54, 1.807) is 0 Å². The van der Waals surface area contributed by atoms with Gasteiger partial charge in [0, 0.05) is 6.04 Å². The molecule has 0 saturated heterocycles. The molecule has 4 nitrogen and oxygen atoms in total. The molecule has 2 atom stereocenters. The quantitative estimate of drug-likeness (QED) is 0.753. The first-order valence-corrected chi connectivity index (χ1v) is 7.34. The molecule has 0 aliphatic heterocycles. The van der Waals surface area contributed by atoms with Crippen molar-refractivity contribution >= 4 is 6.09 Å². The van der Waals surface area contributed by atoms with Crippen molar-refractivity contribution in [3.63, 3.8) is 0 Å². The summed E-state index contributed by atoms with van der Waals surface area (Å²) in [5.41, 5.74) is 5.68. The molecule has 0 radical (unpaired) electrons. The van der Waals surface area contributed by atoms with Crippen LogP contribution in [0.3, 0.4) is 0 Å². The number of carbonyl (C=O) groups excluding carboxylic acids is 1. The van der Waals surface area contributed by atoms with Crippen molar-refractivity contribution in [1.29, 1.82) is 0 Å². The fourth-order valence-electron chi connectivity index (χ4n) is 2.80. The summed E-state index contributed by atoms with van der Waals surface area (Å²) in [5, 5.41) is 0. The van der Waals surface area contributed by atoms with Gasteiger partial charge in [-0.1, -0.05) is 33.6 Å². The van der Waals surface area contributed by atoms with Crippen molar-refractivity contribution in [1.82, 2.24) is 10.9 Å². The number of carbonyl (C=O) groups is 1. The van der Waals surface area contributed by atoms with Crippen LogP contribution in [0.4, 0.5) is 4.79 Å². The van der Waals surface area contributed by atoms with Crippen molar-refractivity contribution in [2.24, 2.45) is 11.3 Å². The summed E-state index contributed by atoms with van der Waals surface area (Å²) in [6, 6.07) is 0.335. The third-order valence-electron chi connectivity index (χ3n) is 3.64. The van der Waals surface area contributed by atoms with E-state index in [4.69, 9.17) is 4.74 Å². The van der Waals surface area contributed by atoms with E-state index in [1.807, 2.05) is 20.8 Å². The molecule has 1 aliphatic carbocycles. The highest BCUT2D eigenvalue weighted by Crippen LogP contribution is 2.37. The van der Waals surface area contributed by atoms with Gasteiger partial charge in [-0.3, -0.25) is 5.43 Å². The minimum atomic E-state index is -0.457. The van der Waals surface area contributed by atoms with E-state index in [9.17, 15) is 4.79 Å². The highest BCUT2D eigenvalue weighted by Gasteiger charge is 2.34. The lowest BCUT2D eigenvalue weighted by Gasteiger charge is -2.40. The number of hydrogen-bond acceptors (Lipinski definition) is 3. The minimum Gasteiger partial charge on any atom is -0.443 e. The average Bonchev–Trinajstić information content (AvgIpc) is 2.23. The van der Waals surface area contributed by atoms with Crippen LogP contribution in [-0.4, -0.2) is 17.7 Å². The Hall–Kier alpha value is -0.770. The summed E-state index contributed by atoms with van der Waals surface area (Å²) in [5.74, 6) is 0.580. The zero-order chi connectivity index (χ0) is 14.7. The molecule has 2 N–H and O–H groups in total. The molecule has 19 heavy (non-hydrogen) atoms. The van der Waals surface area contributed by atoms with Gasteiger partial charge in [0.1, 0.15) is 5.60 Å². The van der Waals surface area contributed by atoms with Gasteiger partial charge in [0.25, 0.3) is 0 Å². The first kappa shape index (κ1) is 16.3. The van der Waals surface area contributed by atoms with Gasteiger partial charge in [-0.05, 0) is 44.9 Å². The zero-order valence-corrected chi connectivity index (χ0v) is 13.3. The van der Waals surface area contributed by atoms with Gasteiger partial charge in [0.2, 0.25) is 0 Å². The predicted octanol–water partition coefficient (Wildman–Crippen LogP) is 3.62. The molecule has 1 fully saturated rings. The van der Waals surface area contributed by atoms with Crippen LogP contribution >= 0.6 is 0 Å². The van der Waals surface area contributed by atoms with Crippen LogP contribution < -0.4 is 10.9 Å². The smallest absolute Gasteiger partial charge is 0.422 e. The monoisotopic (exact) mass is 270 g/mol. The summed E-state index contributed by atoms with van der Waals surface area (Å²) in [7, 11) is 0. The summed E-state index contributed by atoms with van der Waals surface area (Å²) in [6.45, 7) is 12.4. The van der Waals surface area contributed by atoms with E-state index in [0.717, 1.165) is 6.42 Å². The zero-order valence-electron chi connectivity index (χ0n) is 13.3. The molecule has 1 rings (SSSR count). The SMILES string of the molecule is CC(C)(C)OC(=O)NNC1CCCCC1C(C)(C)C. The largest absolute Gasteiger partial charge is 0.443 e. The molecule has 0 bridgehead atoms. The van der Waals surface area contributed by atoms with Gasteiger partial charge in [-0.2, -0.15) is 0 Å². The fourth-order valence-corrected chi connectivity index (χ4v) is 2.80. The van der Waals surface area contributed by atoms with Crippen molar-refractivity contribution in [2.45, 2.75) is 78.9 Å². The van der Waals surface area contributed by atoms with Gasteiger partial charge < -0.3 is 4.74 Å². The molecule has 1 amide bonds. The Morgan fingerprint density at radius 1 is 1.05 bits per heavy atom. The second-order valence-corrected chi connectivity index (χ2v) is 7.63. The standard InChI is InChI=1S/C15H30N2O2/c1-14(2,3)11-9-7-8-10-12(11)16-17-13(18)19-15(4,5)6/h11-12,16H,7-10H2,1-6H3,(H,17,18). The molecule has 0 aromatic heterocycles. The molecule has 0 aromatic rings. The molecule has 0 aromatic carbocycles. The topological polar surface area (TPSA) is 50.4 Å². The Morgan fingerprint density at radius 2 is 1.63 bits per heavy atom. The lowest BCUT2D eigenvalue weighted by atomic mass is 9.70.